The number of fused-ring (bicyclic) bond motifs is 1. The Morgan fingerprint density at radius 2 is 1.75 bits per heavy atom. The highest BCUT2D eigenvalue weighted by Gasteiger charge is 2.35. The van der Waals surface area contributed by atoms with E-state index in [1.165, 1.54) is 0 Å². The van der Waals surface area contributed by atoms with Crippen molar-refractivity contribution in [2.75, 3.05) is 26.3 Å². The van der Waals surface area contributed by atoms with Crippen LogP contribution >= 0.6 is 0 Å². The van der Waals surface area contributed by atoms with Crippen molar-refractivity contribution in [3.63, 3.8) is 0 Å². The number of amides is 3. The number of esters is 1. The van der Waals surface area contributed by atoms with Gasteiger partial charge < -0.3 is 14.4 Å². The summed E-state index contributed by atoms with van der Waals surface area (Å²) in [4.78, 5) is 52.6. The van der Waals surface area contributed by atoms with E-state index in [-0.39, 0.29) is 36.4 Å². The molecule has 1 saturated heterocycles. The molecule has 2 aromatic rings. The van der Waals surface area contributed by atoms with Gasteiger partial charge in [0.1, 0.15) is 17.9 Å². The summed E-state index contributed by atoms with van der Waals surface area (Å²) >= 11 is 0. The number of imide groups is 1. The van der Waals surface area contributed by atoms with Crippen molar-refractivity contribution in [3.05, 3.63) is 64.7 Å². The first kappa shape index (κ1) is 21.5. The van der Waals surface area contributed by atoms with Gasteiger partial charge >= 0.3 is 5.97 Å². The minimum atomic E-state index is -0.579. The molecule has 32 heavy (non-hydrogen) atoms. The van der Waals surface area contributed by atoms with Crippen LogP contribution in [0.25, 0.3) is 0 Å². The number of ether oxygens (including phenoxy) is 2. The number of carbonyl (C=O) groups excluding carboxylic acids is 4. The molecule has 0 spiro atoms. The minimum Gasteiger partial charge on any atom is -0.493 e. The predicted molar refractivity (Wildman–Crippen MR) is 114 cm³/mol. The molecule has 0 atom stereocenters. The number of nitrogens with zero attached hydrogens (tertiary/aromatic N) is 2. The molecule has 4 rings (SSSR count). The molecule has 3 amide bonds. The third kappa shape index (κ3) is 4.21. The summed E-state index contributed by atoms with van der Waals surface area (Å²) in [5.41, 5.74) is 1.57. The smallest absolute Gasteiger partial charge is 0.341 e. The van der Waals surface area contributed by atoms with E-state index >= 15 is 0 Å². The minimum absolute atomic E-state index is 0.0291. The molecule has 0 radical (unpaired) electrons. The SMILES string of the molecule is CCOc1ccc(CN2C(=O)c3ccccc3C2=O)cc1C(=O)OCCN1CCCC1=O. The summed E-state index contributed by atoms with van der Waals surface area (Å²) in [7, 11) is 0. The van der Waals surface area contributed by atoms with Crippen molar-refractivity contribution in [3.8, 4) is 5.75 Å². The fourth-order valence-corrected chi connectivity index (χ4v) is 3.95. The van der Waals surface area contributed by atoms with E-state index in [1.807, 2.05) is 0 Å². The molecule has 2 aliphatic heterocycles. The van der Waals surface area contributed by atoms with Gasteiger partial charge in [-0.15, -0.1) is 0 Å². The van der Waals surface area contributed by atoms with E-state index in [0.29, 0.717) is 48.6 Å². The number of hydrogen-bond acceptors (Lipinski definition) is 6. The first-order chi connectivity index (χ1) is 15.5. The van der Waals surface area contributed by atoms with Crippen LogP contribution in [0.4, 0.5) is 0 Å². The Bertz CT molecular complexity index is 1040. The number of likely N-dealkylation sites (tertiary alicyclic amines) is 1. The summed E-state index contributed by atoms with van der Waals surface area (Å²) in [5.74, 6) is -0.873. The average molecular weight is 436 g/mol. The fourth-order valence-electron chi connectivity index (χ4n) is 3.95. The van der Waals surface area contributed by atoms with Gasteiger partial charge in [0.2, 0.25) is 5.91 Å². The Kier molecular flexibility index (Phi) is 6.20. The van der Waals surface area contributed by atoms with Crippen LogP contribution in [0.3, 0.4) is 0 Å². The molecule has 0 saturated carbocycles. The number of benzene rings is 2. The van der Waals surface area contributed by atoms with Crippen LogP contribution in [0.2, 0.25) is 0 Å². The molecule has 8 nitrogen and oxygen atoms in total. The van der Waals surface area contributed by atoms with Crippen molar-refractivity contribution in [1.82, 2.24) is 9.80 Å². The number of rotatable bonds is 8. The largest absolute Gasteiger partial charge is 0.493 e. The molecule has 2 aromatic carbocycles. The van der Waals surface area contributed by atoms with Crippen molar-refractivity contribution in [1.29, 1.82) is 0 Å². The van der Waals surface area contributed by atoms with E-state index in [1.54, 1.807) is 54.3 Å². The second-order valence-corrected chi connectivity index (χ2v) is 7.63. The van der Waals surface area contributed by atoms with E-state index < -0.39 is 5.97 Å². The Hall–Kier alpha value is -3.68. The molecular weight excluding hydrogens is 412 g/mol. The van der Waals surface area contributed by atoms with Crippen LogP contribution in [0, 0.1) is 0 Å². The molecule has 0 aliphatic carbocycles. The van der Waals surface area contributed by atoms with Gasteiger partial charge in [-0.05, 0) is 43.2 Å². The summed E-state index contributed by atoms with van der Waals surface area (Å²) < 4.78 is 10.9. The van der Waals surface area contributed by atoms with Gasteiger partial charge in [-0.1, -0.05) is 18.2 Å². The van der Waals surface area contributed by atoms with Crippen LogP contribution in [0.1, 0.15) is 56.4 Å². The van der Waals surface area contributed by atoms with Crippen LogP contribution in [0.5, 0.6) is 5.75 Å². The maximum Gasteiger partial charge on any atom is 0.341 e. The maximum absolute atomic E-state index is 12.7. The zero-order valence-corrected chi connectivity index (χ0v) is 17.8. The highest BCUT2D eigenvalue weighted by Crippen LogP contribution is 2.27. The van der Waals surface area contributed by atoms with Crippen molar-refractivity contribution in [2.24, 2.45) is 0 Å². The van der Waals surface area contributed by atoms with Crippen LogP contribution in [-0.4, -0.2) is 59.8 Å². The van der Waals surface area contributed by atoms with E-state index in [9.17, 15) is 19.2 Å². The van der Waals surface area contributed by atoms with Crippen molar-refractivity contribution in [2.45, 2.75) is 26.3 Å². The second-order valence-electron chi connectivity index (χ2n) is 7.63. The van der Waals surface area contributed by atoms with E-state index in [4.69, 9.17) is 9.47 Å². The van der Waals surface area contributed by atoms with E-state index in [2.05, 4.69) is 0 Å². The molecule has 1 fully saturated rings. The molecule has 8 heteroatoms. The van der Waals surface area contributed by atoms with Gasteiger partial charge in [-0.25, -0.2) is 4.79 Å². The van der Waals surface area contributed by atoms with Gasteiger partial charge in [0.15, 0.2) is 0 Å². The standard InChI is InChI=1S/C24H24N2O6/c1-2-31-20-10-9-16(15-26-22(28)17-6-3-4-7-18(17)23(26)29)14-19(20)24(30)32-13-12-25-11-5-8-21(25)27/h3-4,6-7,9-10,14H,2,5,8,11-13,15H2,1H3. The van der Waals surface area contributed by atoms with Gasteiger partial charge in [0.25, 0.3) is 11.8 Å². The Morgan fingerprint density at radius 1 is 1.03 bits per heavy atom. The fraction of sp³-hybridized carbons (Fsp3) is 0.333. The van der Waals surface area contributed by atoms with Gasteiger partial charge in [-0.2, -0.15) is 0 Å². The zero-order valence-electron chi connectivity index (χ0n) is 17.8. The lowest BCUT2D eigenvalue weighted by Crippen LogP contribution is -2.29. The average Bonchev–Trinajstić information content (AvgIpc) is 3.31. The molecule has 2 heterocycles. The molecule has 0 aromatic heterocycles. The highest BCUT2D eigenvalue weighted by atomic mass is 16.5. The Labute approximate surface area is 185 Å². The first-order valence-electron chi connectivity index (χ1n) is 10.7. The van der Waals surface area contributed by atoms with Crippen LogP contribution < -0.4 is 4.74 Å². The third-order valence-electron chi connectivity index (χ3n) is 5.55. The molecule has 0 N–H and O–H groups in total. The molecule has 0 unspecified atom stereocenters. The van der Waals surface area contributed by atoms with Crippen LogP contribution in [0.15, 0.2) is 42.5 Å². The lowest BCUT2D eigenvalue weighted by molar-refractivity contribution is -0.128. The molecule has 0 bridgehead atoms. The van der Waals surface area contributed by atoms with Gasteiger partial charge in [0.05, 0.1) is 30.8 Å². The highest BCUT2D eigenvalue weighted by molar-refractivity contribution is 6.21. The summed E-state index contributed by atoms with van der Waals surface area (Å²) in [6.07, 6.45) is 1.35. The summed E-state index contributed by atoms with van der Waals surface area (Å²) in [5, 5.41) is 0. The summed E-state index contributed by atoms with van der Waals surface area (Å²) in [6.45, 7) is 3.31. The second kappa shape index (κ2) is 9.21. The Morgan fingerprint density at radius 3 is 2.38 bits per heavy atom. The quantitative estimate of drug-likeness (QED) is 0.467. The van der Waals surface area contributed by atoms with E-state index in [0.717, 1.165) is 11.3 Å². The normalized spacial score (nSPS) is 15.3. The van der Waals surface area contributed by atoms with Crippen molar-refractivity contribution < 1.29 is 28.7 Å². The number of hydrogen-bond donors (Lipinski definition) is 0. The predicted octanol–water partition coefficient (Wildman–Crippen LogP) is 2.66. The molecule has 2 aliphatic rings. The summed E-state index contributed by atoms with van der Waals surface area (Å²) in [6, 6.07) is 11.6. The Balaban J connectivity index is 1.48. The van der Waals surface area contributed by atoms with Crippen LogP contribution in [-0.2, 0) is 16.1 Å². The maximum atomic E-state index is 12.7. The van der Waals surface area contributed by atoms with Gasteiger partial charge in [0, 0.05) is 13.0 Å². The topological polar surface area (TPSA) is 93.2 Å². The first-order valence-corrected chi connectivity index (χ1v) is 10.7. The molecular formula is C24H24N2O6. The lowest BCUT2D eigenvalue weighted by atomic mass is 10.1. The zero-order chi connectivity index (χ0) is 22.7. The van der Waals surface area contributed by atoms with Gasteiger partial charge in [-0.3, -0.25) is 19.3 Å². The third-order valence-corrected chi connectivity index (χ3v) is 5.55. The monoisotopic (exact) mass is 436 g/mol. The number of carbonyl (C=O) groups is 4. The van der Waals surface area contributed by atoms with Crippen molar-refractivity contribution >= 4 is 23.7 Å². The molecule has 166 valence electrons. The lowest BCUT2D eigenvalue weighted by Gasteiger charge is -2.17.